The van der Waals surface area contributed by atoms with Gasteiger partial charge in [-0.1, -0.05) is 13.8 Å². The summed E-state index contributed by atoms with van der Waals surface area (Å²) >= 11 is 0. The highest BCUT2D eigenvalue weighted by Crippen LogP contribution is 2.30. The molecule has 0 amide bonds. The van der Waals surface area contributed by atoms with E-state index in [1.54, 1.807) is 7.11 Å². The molecule has 1 fully saturated rings. The van der Waals surface area contributed by atoms with E-state index in [0.29, 0.717) is 12.1 Å². The van der Waals surface area contributed by atoms with Gasteiger partial charge in [-0.3, -0.25) is 0 Å². The molecule has 0 aromatic rings. The van der Waals surface area contributed by atoms with Crippen molar-refractivity contribution in [1.29, 1.82) is 0 Å². The van der Waals surface area contributed by atoms with Gasteiger partial charge in [-0.2, -0.15) is 0 Å². The molecule has 1 rings (SSSR count). The average molecular weight is 243 g/mol. The van der Waals surface area contributed by atoms with Crippen LogP contribution in [0.25, 0.3) is 0 Å². The fourth-order valence-corrected chi connectivity index (χ4v) is 2.85. The summed E-state index contributed by atoms with van der Waals surface area (Å²) in [5, 5.41) is 3.40. The predicted octanol–water partition coefficient (Wildman–Crippen LogP) is 2.45. The second kappa shape index (κ2) is 8.06. The fraction of sp³-hybridized carbons (Fsp3) is 1.00. The minimum atomic E-state index is 0.410. The maximum atomic E-state index is 5.95. The van der Waals surface area contributed by atoms with Crippen LogP contribution in [-0.2, 0) is 9.47 Å². The molecule has 0 saturated heterocycles. The van der Waals surface area contributed by atoms with Crippen LogP contribution in [0.15, 0.2) is 0 Å². The minimum Gasteiger partial charge on any atom is -0.383 e. The summed E-state index contributed by atoms with van der Waals surface area (Å²) in [6, 6.07) is 0.410. The van der Waals surface area contributed by atoms with Gasteiger partial charge in [0, 0.05) is 19.7 Å². The number of hydrogen-bond acceptors (Lipinski definition) is 3. The molecule has 0 heterocycles. The maximum absolute atomic E-state index is 5.95. The normalized spacial score (nSPS) is 31.4. The van der Waals surface area contributed by atoms with Crippen LogP contribution in [0.1, 0.15) is 40.0 Å². The van der Waals surface area contributed by atoms with E-state index in [1.807, 2.05) is 0 Å². The van der Waals surface area contributed by atoms with E-state index in [2.05, 4.69) is 26.1 Å². The van der Waals surface area contributed by atoms with Gasteiger partial charge < -0.3 is 14.8 Å². The van der Waals surface area contributed by atoms with Gasteiger partial charge in [0.1, 0.15) is 0 Å². The molecule has 0 radical (unpaired) electrons. The molecule has 3 nitrogen and oxygen atoms in total. The first-order valence-corrected chi connectivity index (χ1v) is 6.95. The Morgan fingerprint density at radius 1 is 1.18 bits per heavy atom. The summed E-state index contributed by atoms with van der Waals surface area (Å²) in [6.45, 7) is 9.31. The molecule has 0 aliphatic heterocycles. The Labute approximate surface area is 106 Å². The quantitative estimate of drug-likeness (QED) is 0.697. The lowest BCUT2D eigenvalue weighted by Gasteiger charge is -2.31. The zero-order valence-electron chi connectivity index (χ0n) is 11.9. The summed E-state index contributed by atoms with van der Waals surface area (Å²) in [5.74, 6) is 1.65. The first kappa shape index (κ1) is 14.9. The molecule has 1 aliphatic rings. The van der Waals surface area contributed by atoms with Crippen molar-refractivity contribution in [2.45, 2.75) is 52.2 Å². The van der Waals surface area contributed by atoms with Crippen LogP contribution in [0.3, 0.4) is 0 Å². The predicted molar refractivity (Wildman–Crippen MR) is 71.3 cm³/mol. The molecule has 0 bridgehead atoms. The first-order valence-electron chi connectivity index (χ1n) is 6.95. The molecule has 0 aromatic carbocycles. The van der Waals surface area contributed by atoms with E-state index < -0.39 is 0 Å². The highest BCUT2D eigenvalue weighted by atomic mass is 16.5. The Morgan fingerprint density at radius 2 is 1.82 bits per heavy atom. The molecule has 1 aliphatic carbocycles. The van der Waals surface area contributed by atoms with Gasteiger partial charge in [-0.25, -0.2) is 0 Å². The van der Waals surface area contributed by atoms with Crippen LogP contribution in [-0.4, -0.2) is 39.0 Å². The topological polar surface area (TPSA) is 30.5 Å². The van der Waals surface area contributed by atoms with Crippen LogP contribution in [0.2, 0.25) is 0 Å². The van der Waals surface area contributed by atoms with E-state index in [0.717, 1.165) is 31.6 Å². The van der Waals surface area contributed by atoms with Crippen LogP contribution in [0.5, 0.6) is 0 Å². The van der Waals surface area contributed by atoms with Crippen LogP contribution < -0.4 is 5.32 Å². The molecular weight excluding hydrogens is 214 g/mol. The molecule has 17 heavy (non-hydrogen) atoms. The highest BCUT2D eigenvalue weighted by molar-refractivity contribution is 4.75. The summed E-state index contributed by atoms with van der Waals surface area (Å²) in [7, 11) is 1.74. The van der Waals surface area contributed by atoms with Crippen molar-refractivity contribution in [2.75, 3.05) is 26.9 Å². The van der Waals surface area contributed by atoms with Gasteiger partial charge >= 0.3 is 0 Å². The van der Waals surface area contributed by atoms with E-state index >= 15 is 0 Å². The van der Waals surface area contributed by atoms with Gasteiger partial charge in [0.15, 0.2) is 0 Å². The Hall–Kier alpha value is -0.120. The van der Waals surface area contributed by atoms with E-state index in [4.69, 9.17) is 9.47 Å². The van der Waals surface area contributed by atoms with Crippen molar-refractivity contribution < 1.29 is 9.47 Å². The van der Waals surface area contributed by atoms with Crippen LogP contribution >= 0.6 is 0 Å². The van der Waals surface area contributed by atoms with Gasteiger partial charge in [-0.15, -0.1) is 0 Å². The SMILES string of the molecule is COCC(C)NCCOC1CC(C)CC(C)C1. The summed E-state index contributed by atoms with van der Waals surface area (Å²) in [4.78, 5) is 0. The highest BCUT2D eigenvalue weighted by Gasteiger charge is 2.24. The smallest absolute Gasteiger partial charge is 0.0613 e. The molecule has 3 unspecified atom stereocenters. The van der Waals surface area contributed by atoms with Crippen molar-refractivity contribution in [1.82, 2.24) is 5.32 Å². The van der Waals surface area contributed by atoms with Gasteiger partial charge in [-0.05, 0) is 38.0 Å². The van der Waals surface area contributed by atoms with Crippen molar-refractivity contribution >= 4 is 0 Å². The number of methoxy groups -OCH3 is 1. The van der Waals surface area contributed by atoms with E-state index in [1.165, 1.54) is 19.3 Å². The fourth-order valence-electron chi connectivity index (χ4n) is 2.85. The molecule has 0 aromatic heterocycles. The zero-order chi connectivity index (χ0) is 12.7. The molecular formula is C14H29NO2. The summed E-state index contributed by atoms with van der Waals surface area (Å²) in [6.07, 6.45) is 4.31. The van der Waals surface area contributed by atoms with Crippen molar-refractivity contribution in [3.63, 3.8) is 0 Å². The second-order valence-electron chi connectivity index (χ2n) is 5.72. The first-order chi connectivity index (χ1) is 8.11. The molecule has 3 atom stereocenters. The number of rotatable bonds is 7. The lowest BCUT2D eigenvalue weighted by atomic mass is 9.82. The number of hydrogen-bond donors (Lipinski definition) is 1. The van der Waals surface area contributed by atoms with E-state index in [-0.39, 0.29) is 0 Å². The monoisotopic (exact) mass is 243 g/mol. The van der Waals surface area contributed by atoms with E-state index in [9.17, 15) is 0 Å². The van der Waals surface area contributed by atoms with Crippen molar-refractivity contribution in [3.05, 3.63) is 0 Å². The third-order valence-corrected chi connectivity index (χ3v) is 3.50. The number of nitrogens with one attached hydrogen (secondary N) is 1. The molecule has 3 heteroatoms. The minimum absolute atomic E-state index is 0.410. The van der Waals surface area contributed by atoms with Gasteiger partial charge in [0.05, 0.1) is 19.3 Å². The van der Waals surface area contributed by atoms with Crippen LogP contribution in [0, 0.1) is 11.8 Å². The lowest BCUT2D eigenvalue weighted by molar-refractivity contribution is 0.00147. The Kier molecular flexibility index (Phi) is 7.09. The lowest BCUT2D eigenvalue weighted by Crippen LogP contribution is -2.34. The third-order valence-electron chi connectivity index (χ3n) is 3.50. The third kappa shape index (κ3) is 6.39. The summed E-state index contributed by atoms with van der Waals surface area (Å²) in [5.41, 5.74) is 0. The van der Waals surface area contributed by atoms with Gasteiger partial charge in [0.25, 0.3) is 0 Å². The Bertz CT molecular complexity index is 189. The van der Waals surface area contributed by atoms with Crippen LogP contribution in [0.4, 0.5) is 0 Å². The molecule has 1 N–H and O–H groups in total. The van der Waals surface area contributed by atoms with Gasteiger partial charge in [0.2, 0.25) is 0 Å². The van der Waals surface area contributed by atoms with Crippen molar-refractivity contribution in [3.8, 4) is 0 Å². The van der Waals surface area contributed by atoms with Crippen molar-refractivity contribution in [2.24, 2.45) is 11.8 Å². The molecule has 102 valence electrons. The Morgan fingerprint density at radius 3 is 2.41 bits per heavy atom. The molecule has 0 spiro atoms. The average Bonchev–Trinajstić information content (AvgIpc) is 2.23. The summed E-state index contributed by atoms with van der Waals surface area (Å²) < 4.78 is 11.0. The standard InChI is InChI=1S/C14H29NO2/c1-11-7-12(2)9-14(8-11)17-6-5-15-13(3)10-16-4/h11-15H,5-10H2,1-4H3. The maximum Gasteiger partial charge on any atom is 0.0613 e. The molecule has 1 saturated carbocycles. The largest absolute Gasteiger partial charge is 0.383 e. The Balaban J connectivity index is 2.06. The number of ether oxygens (including phenoxy) is 2. The zero-order valence-corrected chi connectivity index (χ0v) is 11.9. The second-order valence-corrected chi connectivity index (χ2v) is 5.72.